The lowest BCUT2D eigenvalue weighted by atomic mass is 10.1. The number of nitriles is 1. The Morgan fingerprint density at radius 3 is 2.70 bits per heavy atom. The minimum absolute atomic E-state index is 0.0438. The molecule has 8 nitrogen and oxygen atoms in total. The van der Waals surface area contributed by atoms with Gasteiger partial charge in [0.2, 0.25) is 0 Å². The smallest absolute Gasteiger partial charge is 0.348 e. The van der Waals surface area contributed by atoms with Gasteiger partial charge in [-0.25, -0.2) is 9.78 Å². The molecule has 0 aliphatic carbocycles. The first kappa shape index (κ1) is 18.6. The van der Waals surface area contributed by atoms with E-state index >= 15 is 0 Å². The zero-order valence-electron chi connectivity index (χ0n) is 15.4. The van der Waals surface area contributed by atoms with E-state index < -0.39 is 5.97 Å². The van der Waals surface area contributed by atoms with Gasteiger partial charge in [0.1, 0.15) is 23.1 Å². The van der Waals surface area contributed by atoms with Crippen LogP contribution in [0.1, 0.15) is 19.4 Å². The highest BCUT2D eigenvalue weighted by Crippen LogP contribution is 2.23. The summed E-state index contributed by atoms with van der Waals surface area (Å²) in [5.74, 6) is -0.380. The molecule has 0 spiro atoms. The maximum absolute atomic E-state index is 13.1. The number of fused-ring (bicyclic) bond motifs is 1. The molecule has 3 heterocycles. The normalized spacial score (nSPS) is 20.4. The lowest BCUT2D eigenvalue weighted by Crippen LogP contribution is -2.46. The van der Waals surface area contributed by atoms with E-state index in [0.717, 1.165) is 0 Å². The highest BCUT2D eigenvalue weighted by molar-refractivity contribution is 5.98. The number of rotatable bonds is 3. The van der Waals surface area contributed by atoms with Gasteiger partial charge in [-0.15, -0.1) is 0 Å². The first-order valence-electron chi connectivity index (χ1n) is 8.56. The second kappa shape index (κ2) is 7.60. The van der Waals surface area contributed by atoms with Gasteiger partial charge < -0.3 is 14.4 Å². The van der Waals surface area contributed by atoms with E-state index in [4.69, 9.17) is 4.74 Å². The van der Waals surface area contributed by atoms with Crippen LogP contribution in [0.15, 0.2) is 34.8 Å². The van der Waals surface area contributed by atoms with Crippen LogP contribution in [0, 0.1) is 11.3 Å². The molecule has 140 valence electrons. The van der Waals surface area contributed by atoms with Gasteiger partial charge in [-0.2, -0.15) is 5.26 Å². The Balaban J connectivity index is 2.25. The molecule has 1 saturated heterocycles. The van der Waals surface area contributed by atoms with Crippen LogP contribution in [-0.4, -0.2) is 47.8 Å². The Bertz CT molecular complexity index is 995. The number of carbonyl (C=O) groups is 1. The molecule has 3 rings (SSSR count). The van der Waals surface area contributed by atoms with Crippen molar-refractivity contribution in [1.82, 2.24) is 9.38 Å². The second-order valence-electron chi connectivity index (χ2n) is 6.41. The van der Waals surface area contributed by atoms with Crippen LogP contribution >= 0.6 is 0 Å². The van der Waals surface area contributed by atoms with Gasteiger partial charge in [-0.3, -0.25) is 9.20 Å². The average molecular weight is 368 g/mol. The summed E-state index contributed by atoms with van der Waals surface area (Å²) in [5, 5.41) is 9.30. The summed E-state index contributed by atoms with van der Waals surface area (Å²) in [5.41, 5.74) is 0.0295. The van der Waals surface area contributed by atoms with Crippen molar-refractivity contribution < 1.29 is 14.3 Å². The number of morpholine rings is 1. The van der Waals surface area contributed by atoms with Crippen LogP contribution in [0.25, 0.3) is 11.7 Å². The third-order valence-corrected chi connectivity index (χ3v) is 4.28. The van der Waals surface area contributed by atoms with Crippen molar-refractivity contribution >= 4 is 23.5 Å². The molecule has 2 aromatic rings. The number of esters is 1. The zero-order chi connectivity index (χ0) is 19.6. The maximum Gasteiger partial charge on any atom is 0.348 e. The van der Waals surface area contributed by atoms with Gasteiger partial charge in [-0.1, -0.05) is 6.07 Å². The minimum atomic E-state index is -0.801. The van der Waals surface area contributed by atoms with Crippen LogP contribution in [-0.2, 0) is 14.3 Å². The van der Waals surface area contributed by atoms with Crippen molar-refractivity contribution in [2.45, 2.75) is 26.1 Å². The topological polar surface area (TPSA) is 96.9 Å². The van der Waals surface area contributed by atoms with Crippen molar-refractivity contribution in [2.75, 3.05) is 25.1 Å². The van der Waals surface area contributed by atoms with Gasteiger partial charge in [0.15, 0.2) is 0 Å². The molecule has 0 aromatic carbocycles. The Labute approximate surface area is 156 Å². The molecular weight excluding hydrogens is 348 g/mol. The molecule has 0 amide bonds. The third kappa shape index (κ3) is 3.68. The first-order valence-corrected chi connectivity index (χ1v) is 8.56. The largest absolute Gasteiger partial charge is 0.465 e. The highest BCUT2D eigenvalue weighted by Gasteiger charge is 2.27. The molecule has 1 aliphatic rings. The average Bonchev–Trinajstić information content (AvgIpc) is 2.66. The van der Waals surface area contributed by atoms with Crippen molar-refractivity contribution in [1.29, 1.82) is 5.26 Å². The van der Waals surface area contributed by atoms with E-state index in [1.165, 1.54) is 17.6 Å². The van der Waals surface area contributed by atoms with Crippen LogP contribution in [0.5, 0.6) is 0 Å². The van der Waals surface area contributed by atoms with E-state index in [0.29, 0.717) is 24.6 Å². The molecule has 0 radical (unpaired) electrons. The molecule has 2 aromatic heterocycles. The van der Waals surface area contributed by atoms with Crippen molar-refractivity contribution in [3.63, 3.8) is 0 Å². The zero-order valence-corrected chi connectivity index (χ0v) is 15.4. The number of pyridine rings is 1. The van der Waals surface area contributed by atoms with E-state index in [2.05, 4.69) is 9.72 Å². The van der Waals surface area contributed by atoms with Crippen LogP contribution in [0.4, 0.5) is 5.82 Å². The molecule has 2 unspecified atom stereocenters. The summed E-state index contributed by atoms with van der Waals surface area (Å²) in [7, 11) is 1.19. The van der Waals surface area contributed by atoms with Gasteiger partial charge in [-0.05, 0) is 32.1 Å². The van der Waals surface area contributed by atoms with E-state index in [9.17, 15) is 14.9 Å². The SMILES string of the molecule is COC(=O)C(C#N)=Cc1c(N2CC(C)OC(C)C2)nc2ccccn2c1=O. The lowest BCUT2D eigenvalue weighted by molar-refractivity contribution is -0.135. The maximum atomic E-state index is 13.1. The Hall–Kier alpha value is -3.18. The standard InChI is InChI=1S/C19H20N4O4/c1-12-10-22(11-13(2)27-12)17-15(8-14(9-20)19(25)26-3)18(24)23-7-5-4-6-16(23)21-17/h4-8,12-13H,10-11H2,1-3H3. The van der Waals surface area contributed by atoms with Gasteiger partial charge in [0.05, 0.1) is 24.9 Å². The monoisotopic (exact) mass is 368 g/mol. The Morgan fingerprint density at radius 1 is 1.37 bits per heavy atom. The number of anilines is 1. The summed E-state index contributed by atoms with van der Waals surface area (Å²) in [6.07, 6.45) is 2.76. The molecule has 2 atom stereocenters. The minimum Gasteiger partial charge on any atom is -0.465 e. The van der Waals surface area contributed by atoms with Gasteiger partial charge in [0, 0.05) is 19.3 Å². The fourth-order valence-corrected chi connectivity index (χ4v) is 3.20. The summed E-state index contributed by atoms with van der Waals surface area (Å²) in [4.78, 5) is 31.5. The quantitative estimate of drug-likeness (QED) is 0.459. The van der Waals surface area contributed by atoms with E-state index in [-0.39, 0.29) is 28.9 Å². The van der Waals surface area contributed by atoms with Crippen molar-refractivity contribution in [2.24, 2.45) is 0 Å². The first-order chi connectivity index (χ1) is 12.9. The van der Waals surface area contributed by atoms with Gasteiger partial charge >= 0.3 is 5.97 Å². The molecular formula is C19H20N4O4. The molecule has 27 heavy (non-hydrogen) atoms. The second-order valence-corrected chi connectivity index (χ2v) is 6.41. The summed E-state index contributed by atoms with van der Waals surface area (Å²) in [6, 6.07) is 7.03. The fourth-order valence-electron chi connectivity index (χ4n) is 3.20. The van der Waals surface area contributed by atoms with Crippen LogP contribution < -0.4 is 10.5 Å². The Kier molecular flexibility index (Phi) is 5.23. The number of ether oxygens (including phenoxy) is 2. The predicted molar refractivity (Wildman–Crippen MR) is 99.3 cm³/mol. The molecule has 1 fully saturated rings. The van der Waals surface area contributed by atoms with Gasteiger partial charge in [0.25, 0.3) is 5.56 Å². The number of carbonyl (C=O) groups excluding carboxylic acids is 1. The molecule has 1 aliphatic heterocycles. The predicted octanol–water partition coefficient (Wildman–Crippen LogP) is 1.39. The summed E-state index contributed by atoms with van der Waals surface area (Å²) < 4.78 is 11.8. The van der Waals surface area contributed by atoms with Crippen LogP contribution in [0.2, 0.25) is 0 Å². The molecule has 0 bridgehead atoms. The number of methoxy groups -OCH3 is 1. The fraction of sp³-hybridized carbons (Fsp3) is 0.368. The summed E-state index contributed by atoms with van der Waals surface area (Å²) in [6.45, 7) is 4.98. The van der Waals surface area contributed by atoms with Crippen molar-refractivity contribution in [3.8, 4) is 6.07 Å². The number of hydrogen-bond donors (Lipinski definition) is 0. The third-order valence-electron chi connectivity index (χ3n) is 4.28. The molecule has 8 heteroatoms. The van der Waals surface area contributed by atoms with Crippen LogP contribution in [0.3, 0.4) is 0 Å². The lowest BCUT2D eigenvalue weighted by Gasteiger charge is -2.36. The number of nitrogens with zero attached hydrogens (tertiary/aromatic N) is 4. The molecule has 0 N–H and O–H groups in total. The molecule has 0 saturated carbocycles. The van der Waals surface area contributed by atoms with Crippen molar-refractivity contribution in [3.05, 3.63) is 45.9 Å². The summed E-state index contributed by atoms with van der Waals surface area (Å²) >= 11 is 0. The number of hydrogen-bond acceptors (Lipinski definition) is 7. The van der Waals surface area contributed by atoms with E-state index in [1.807, 2.05) is 18.7 Å². The Morgan fingerprint density at radius 2 is 2.07 bits per heavy atom. The van der Waals surface area contributed by atoms with E-state index in [1.54, 1.807) is 30.5 Å². The number of aromatic nitrogens is 2. The highest BCUT2D eigenvalue weighted by atomic mass is 16.5.